The van der Waals surface area contributed by atoms with Gasteiger partial charge in [-0.25, -0.2) is 0 Å². The van der Waals surface area contributed by atoms with Crippen LogP contribution in [0, 0.1) is 13.8 Å². The van der Waals surface area contributed by atoms with Crippen LogP contribution in [0.15, 0.2) is 133 Å². The fourth-order valence-corrected chi connectivity index (χ4v) is 8.72. The van der Waals surface area contributed by atoms with Gasteiger partial charge in [0.25, 0.3) is 6.71 Å². The molecule has 10 rings (SSSR count). The van der Waals surface area contributed by atoms with Gasteiger partial charge in [-0.3, -0.25) is 0 Å². The summed E-state index contributed by atoms with van der Waals surface area (Å²) >= 11 is 1.82. The molecule has 0 saturated carbocycles. The number of thiophene rings is 1. The molecule has 3 heterocycles. The first kappa shape index (κ1) is 26.7. The van der Waals surface area contributed by atoms with Gasteiger partial charge in [0.15, 0.2) is 0 Å². The fourth-order valence-electron chi connectivity index (χ4n) is 7.41. The molecule has 0 N–H and O–H groups in total. The highest BCUT2D eigenvalue weighted by atomic mass is 32.1. The Morgan fingerprint density at radius 2 is 1.11 bits per heavy atom. The summed E-state index contributed by atoms with van der Waals surface area (Å²) in [4.78, 5) is 2.34. The second kappa shape index (κ2) is 9.99. The van der Waals surface area contributed by atoms with Gasteiger partial charge in [0.05, 0.1) is 4.70 Å². The highest BCUT2D eigenvalue weighted by molar-refractivity contribution is 7.27. The molecule has 0 atom stereocenters. The molecular formula is C42H28BNO2S. The molecule has 0 unspecified atom stereocenters. The number of rotatable bonds is 3. The van der Waals surface area contributed by atoms with Gasteiger partial charge in [0.2, 0.25) is 0 Å². The first-order chi connectivity index (χ1) is 23.1. The number of aryl methyl sites for hydroxylation is 2. The predicted molar refractivity (Wildman–Crippen MR) is 199 cm³/mol. The van der Waals surface area contributed by atoms with Crippen LogP contribution < -0.4 is 30.8 Å². The first-order valence-electron chi connectivity index (χ1n) is 16.0. The molecule has 47 heavy (non-hydrogen) atoms. The summed E-state index contributed by atoms with van der Waals surface area (Å²) in [5, 5.41) is 4.84. The Labute approximate surface area is 277 Å². The molecule has 0 radical (unpaired) electrons. The summed E-state index contributed by atoms with van der Waals surface area (Å²) in [7, 11) is 0. The highest BCUT2D eigenvalue weighted by Gasteiger charge is 2.41. The highest BCUT2D eigenvalue weighted by Crippen LogP contribution is 2.48. The zero-order valence-electron chi connectivity index (χ0n) is 26.0. The van der Waals surface area contributed by atoms with Crippen molar-refractivity contribution in [1.29, 1.82) is 0 Å². The van der Waals surface area contributed by atoms with Crippen molar-refractivity contribution in [3.05, 3.63) is 145 Å². The van der Waals surface area contributed by atoms with Crippen LogP contribution in [0.5, 0.6) is 23.0 Å². The van der Waals surface area contributed by atoms with Crippen LogP contribution in [0.25, 0.3) is 30.9 Å². The zero-order chi connectivity index (χ0) is 31.2. The zero-order valence-corrected chi connectivity index (χ0v) is 26.8. The van der Waals surface area contributed by atoms with Crippen molar-refractivity contribution >= 4 is 82.4 Å². The van der Waals surface area contributed by atoms with E-state index < -0.39 is 0 Å². The maximum Gasteiger partial charge on any atom is 0.260 e. The van der Waals surface area contributed by atoms with Gasteiger partial charge >= 0.3 is 0 Å². The molecule has 3 nitrogen and oxygen atoms in total. The summed E-state index contributed by atoms with van der Waals surface area (Å²) in [6, 6.07) is 48.0. The predicted octanol–water partition coefficient (Wildman–Crippen LogP) is 10.0. The summed E-state index contributed by atoms with van der Waals surface area (Å²) in [5.41, 5.74) is 9.39. The number of fused-ring (bicyclic) bond motifs is 10. The lowest BCUT2D eigenvalue weighted by molar-refractivity contribution is 0.469. The van der Waals surface area contributed by atoms with Crippen LogP contribution in [-0.4, -0.2) is 6.71 Å². The van der Waals surface area contributed by atoms with Gasteiger partial charge < -0.3 is 14.4 Å². The molecule has 0 spiro atoms. The first-order valence-corrected chi connectivity index (χ1v) is 16.9. The van der Waals surface area contributed by atoms with Crippen LogP contribution >= 0.6 is 11.3 Å². The number of para-hydroxylation sites is 2. The molecule has 0 amide bonds. The maximum atomic E-state index is 6.78. The molecule has 0 bridgehead atoms. The summed E-state index contributed by atoms with van der Waals surface area (Å²) in [5.74, 6) is 3.63. The molecule has 5 heteroatoms. The fraction of sp³-hybridized carbons (Fsp3) is 0.0476. The standard InChI is InChI=1S/C42H28BNO2S/c1-25-11-16-28(17-12-25)44(29-18-13-26(2)14-19-29)30-20-22-31-27(23-30)15-21-32-33-24-38-39-40(42(33)47-41(31)32)46-37-10-6-4-8-35(37)43(39)34-7-3-5-9-36(34)45-38/h3-24H,1-2H3. The summed E-state index contributed by atoms with van der Waals surface area (Å²) < 4.78 is 15.8. The van der Waals surface area contributed by atoms with E-state index in [-0.39, 0.29) is 6.71 Å². The molecule has 0 saturated heterocycles. The monoisotopic (exact) mass is 621 g/mol. The number of hydrogen-bond acceptors (Lipinski definition) is 4. The number of hydrogen-bond donors (Lipinski definition) is 0. The molecule has 2 aliphatic rings. The minimum Gasteiger partial charge on any atom is -0.458 e. The van der Waals surface area contributed by atoms with E-state index in [1.165, 1.54) is 53.0 Å². The quantitative estimate of drug-likeness (QED) is 0.183. The molecule has 7 aromatic carbocycles. The lowest BCUT2D eigenvalue weighted by atomic mass is 9.35. The lowest BCUT2D eigenvalue weighted by Gasteiger charge is -2.33. The van der Waals surface area contributed by atoms with E-state index in [1.807, 2.05) is 17.4 Å². The van der Waals surface area contributed by atoms with Crippen LogP contribution in [0.3, 0.4) is 0 Å². The van der Waals surface area contributed by atoms with Gasteiger partial charge in [-0.2, -0.15) is 0 Å². The van der Waals surface area contributed by atoms with E-state index in [9.17, 15) is 0 Å². The van der Waals surface area contributed by atoms with Gasteiger partial charge in [-0.15, -0.1) is 11.3 Å². The van der Waals surface area contributed by atoms with Crippen LogP contribution in [0.4, 0.5) is 17.1 Å². The average molecular weight is 622 g/mol. The largest absolute Gasteiger partial charge is 0.458 e. The average Bonchev–Trinajstić information content (AvgIpc) is 3.49. The Hall–Kier alpha value is -5.52. The van der Waals surface area contributed by atoms with Gasteiger partial charge in [-0.05, 0) is 90.1 Å². The Morgan fingerprint density at radius 1 is 0.511 bits per heavy atom. The molecule has 0 aliphatic carbocycles. The summed E-state index contributed by atoms with van der Waals surface area (Å²) in [6.45, 7) is 4.33. The van der Waals surface area contributed by atoms with Gasteiger partial charge in [0.1, 0.15) is 23.0 Å². The third-order valence-corrected chi connectivity index (χ3v) is 11.0. The second-order valence-corrected chi connectivity index (χ2v) is 13.7. The van der Waals surface area contributed by atoms with E-state index in [1.54, 1.807) is 0 Å². The maximum absolute atomic E-state index is 6.78. The van der Waals surface area contributed by atoms with Crippen molar-refractivity contribution in [2.75, 3.05) is 4.90 Å². The molecular weight excluding hydrogens is 593 g/mol. The number of anilines is 3. The minimum atomic E-state index is 0.0679. The van der Waals surface area contributed by atoms with Crippen molar-refractivity contribution in [1.82, 2.24) is 0 Å². The molecule has 0 fully saturated rings. The van der Waals surface area contributed by atoms with Crippen molar-refractivity contribution in [2.24, 2.45) is 0 Å². The van der Waals surface area contributed by atoms with E-state index in [2.05, 4.69) is 146 Å². The molecule has 2 aliphatic heterocycles. The van der Waals surface area contributed by atoms with Crippen LogP contribution in [0.1, 0.15) is 11.1 Å². The third-order valence-electron chi connectivity index (χ3n) is 9.71. The minimum absolute atomic E-state index is 0.0679. The SMILES string of the molecule is Cc1ccc(N(c2ccc(C)cc2)c2ccc3c(ccc4c5cc6c7c(c5sc34)Oc3ccccc3B7c3ccccc3O6)c2)cc1. The van der Waals surface area contributed by atoms with E-state index >= 15 is 0 Å². The van der Waals surface area contributed by atoms with Crippen LogP contribution in [0.2, 0.25) is 0 Å². The molecule has 8 aromatic rings. The number of nitrogens with zero attached hydrogens (tertiary/aromatic N) is 1. The van der Waals surface area contributed by atoms with Gasteiger partial charge in [-0.1, -0.05) is 90.0 Å². The topological polar surface area (TPSA) is 21.7 Å². The van der Waals surface area contributed by atoms with Crippen molar-refractivity contribution in [2.45, 2.75) is 13.8 Å². The normalized spacial score (nSPS) is 12.8. The third kappa shape index (κ3) is 4.00. The van der Waals surface area contributed by atoms with E-state index in [0.717, 1.165) is 45.5 Å². The van der Waals surface area contributed by atoms with Crippen molar-refractivity contribution in [3.8, 4) is 23.0 Å². The Morgan fingerprint density at radius 3 is 1.79 bits per heavy atom. The number of benzene rings is 7. The van der Waals surface area contributed by atoms with E-state index in [4.69, 9.17) is 9.47 Å². The number of ether oxygens (including phenoxy) is 2. The lowest BCUT2D eigenvalue weighted by Crippen LogP contribution is -2.57. The van der Waals surface area contributed by atoms with Crippen molar-refractivity contribution in [3.63, 3.8) is 0 Å². The Bertz CT molecular complexity index is 2500. The van der Waals surface area contributed by atoms with Crippen LogP contribution in [-0.2, 0) is 0 Å². The second-order valence-electron chi connectivity index (χ2n) is 12.7. The molecule has 222 valence electrons. The summed E-state index contributed by atoms with van der Waals surface area (Å²) in [6.07, 6.45) is 0. The smallest absolute Gasteiger partial charge is 0.260 e. The Kier molecular flexibility index (Phi) is 5.67. The van der Waals surface area contributed by atoms with Crippen molar-refractivity contribution < 1.29 is 9.47 Å². The van der Waals surface area contributed by atoms with Gasteiger partial charge in [0, 0.05) is 38.0 Å². The molecule has 1 aromatic heterocycles. The Balaban J connectivity index is 1.17. The van der Waals surface area contributed by atoms with E-state index in [0.29, 0.717) is 0 Å².